The quantitative estimate of drug-likeness (QED) is 0.694. The lowest BCUT2D eigenvalue weighted by molar-refractivity contribution is -0.154. The third kappa shape index (κ3) is 8.09. The molecule has 0 bridgehead atoms. The maximum absolute atomic E-state index is 12.1. The first-order valence-electron chi connectivity index (χ1n) is 8.58. The summed E-state index contributed by atoms with van der Waals surface area (Å²) >= 11 is 0. The van der Waals surface area contributed by atoms with Crippen molar-refractivity contribution in [1.29, 1.82) is 0 Å². The van der Waals surface area contributed by atoms with Gasteiger partial charge in [0.2, 0.25) is 5.88 Å². The van der Waals surface area contributed by atoms with E-state index in [0.29, 0.717) is 12.1 Å². The van der Waals surface area contributed by atoms with Crippen LogP contribution in [0.3, 0.4) is 0 Å². The molecular formula is C17H24F3N3O2. The Kier molecular flexibility index (Phi) is 7.33. The van der Waals surface area contributed by atoms with Crippen LogP contribution in [0.25, 0.3) is 0 Å². The van der Waals surface area contributed by atoms with Crippen molar-refractivity contribution < 1.29 is 22.7 Å². The minimum absolute atomic E-state index is 0.117. The van der Waals surface area contributed by atoms with Crippen molar-refractivity contribution in [3.05, 3.63) is 23.9 Å². The molecule has 1 aliphatic rings. The van der Waals surface area contributed by atoms with Crippen molar-refractivity contribution in [2.45, 2.75) is 51.2 Å². The van der Waals surface area contributed by atoms with Crippen LogP contribution in [0.2, 0.25) is 0 Å². The van der Waals surface area contributed by atoms with Crippen LogP contribution >= 0.6 is 0 Å². The lowest BCUT2D eigenvalue weighted by atomic mass is 10.0. The summed E-state index contributed by atoms with van der Waals surface area (Å²) in [5.74, 6) is 0.686. The second-order valence-electron chi connectivity index (χ2n) is 6.31. The Labute approximate surface area is 145 Å². The van der Waals surface area contributed by atoms with Gasteiger partial charge in [0.25, 0.3) is 0 Å². The van der Waals surface area contributed by atoms with Crippen LogP contribution < -0.4 is 15.4 Å². The molecule has 8 heteroatoms. The molecule has 25 heavy (non-hydrogen) atoms. The molecule has 140 valence electrons. The molecule has 0 unspecified atom stereocenters. The van der Waals surface area contributed by atoms with Gasteiger partial charge < -0.3 is 15.4 Å². The second kappa shape index (κ2) is 9.48. The predicted molar refractivity (Wildman–Crippen MR) is 87.2 cm³/mol. The highest BCUT2D eigenvalue weighted by Gasteiger charge is 2.28. The van der Waals surface area contributed by atoms with Gasteiger partial charge in [0.15, 0.2) is 6.61 Å². The summed E-state index contributed by atoms with van der Waals surface area (Å²) in [6.45, 7) is -0.573. The predicted octanol–water partition coefficient (Wildman–Crippen LogP) is 3.79. The summed E-state index contributed by atoms with van der Waals surface area (Å²) in [7, 11) is 0. The van der Waals surface area contributed by atoms with E-state index in [1.807, 2.05) is 0 Å². The number of hydrogen-bond donors (Lipinski definition) is 2. The van der Waals surface area contributed by atoms with E-state index < -0.39 is 12.8 Å². The summed E-state index contributed by atoms with van der Waals surface area (Å²) in [6.07, 6.45) is 4.28. The van der Waals surface area contributed by atoms with Crippen LogP contribution in [0.5, 0.6) is 5.88 Å². The number of nitrogens with one attached hydrogen (secondary N) is 2. The van der Waals surface area contributed by atoms with Crippen LogP contribution in [0.15, 0.2) is 18.3 Å². The molecule has 2 rings (SSSR count). The van der Waals surface area contributed by atoms with Gasteiger partial charge in [0.1, 0.15) is 0 Å². The number of pyridine rings is 1. The first-order valence-corrected chi connectivity index (χ1v) is 8.58. The summed E-state index contributed by atoms with van der Waals surface area (Å²) in [4.78, 5) is 15.5. The number of alkyl halides is 3. The van der Waals surface area contributed by atoms with Gasteiger partial charge in [0, 0.05) is 25.4 Å². The molecule has 0 atom stereocenters. The Hall–Kier alpha value is -1.99. The standard InChI is InChI=1S/C17H24F3N3O2/c18-17(19,20)12-25-15-10-14(7-9-21-15)11-23-16(24)22-8-3-6-13-4-1-2-5-13/h7,9-10,13H,1-6,8,11-12H2,(H2,22,23,24). The number of aromatic nitrogens is 1. The van der Waals surface area contributed by atoms with Gasteiger partial charge in [0.05, 0.1) is 0 Å². The van der Waals surface area contributed by atoms with E-state index >= 15 is 0 Å². The van der Waals surface area contributed by atoms with Crippen LogP contribution in [-0.2, 0) is 6.54 Å². The lowest BCUT2D eigenvalue weighted by Crippen LogP contribution is -2.35. The lowest BCUT2D eigenvalue weighted by Gasteiger charge is -2.11. The molecule has 1 saturated carbocycles. The van der Waals surface area contributed by atoms with E-state index in [4.69, 9.17) is 0 Å². The molecule has 1 aliphatic carbocycles. The molecule has 2 N–H and O–H groups in total. The number of carbonyl (C=O) groups excluding carboxylic acids is 1. The topological polar surface area (TPSA) is 63.2 Å². The largest absolute Gasteiger partial charge is 0.468 e. The van der Waals surface area contributed by atoms with Crippen LogP contribution in [0, 0.1) is 5.92 Å². The molecule has 0 aromatic carbocycles. The molecule has 0 spiro atoms. The van der Waals surface area contributed by atoms with Gasteiger partial charge >= 0.3 is 12.2 Å². The zero-order chi connectivity index (χ0) is 18.1. The fraction of sp³-hybridized carbons (Fsp3) is 0.647. The summed E-state index contributed by atoms with van der Waals surface area (Å²) in [5, 5.41) is 5.46. The maximum Gasteiger partial charge on any atom is 0.422 e. The first kappa shape index (κ1) is 19.3. The number of halogens is 3. The Morgan fingerprint density at radius 3 is 2.76 bits per heavy atom. The summed E-state index contributed by atoms with van der Waals surface area (Å²) in [6, 6.07) is 2.70. The average Bonchev–Trinajstić information content (AvgIpc) is 3.08. The number of ether oxygens (including phenoxy) is 1. The molecule has 2 amide bonds. The van der Waals surface area contributed by atoms with E-state index in [1.165, 1.54) is 37.9 Å². The minimum atomic E-state index is -4.41. The number of hydrogen-bond acceptors (Lipinski definition) is 3. The molecule has 1 aromatic rings. The average molecular weight is 359 g/mol. The van der Waals surface area contributed by atoms with Gasteiger partial charge in [-0.15, -0.1) is 0 Å². The zero-order valence-corrected chi connectivity index (χ0v) is 14.1. The van der Waals surface area contributed by atoms with Crippen molar-refractivity contribution in [2.75, 3.05) is 13.2 Å². The molecular weight excluding hydrogens is 335 g/mol. The van der Waals surface area contributed by atoms with Gasteiger partial charge in [-0.1, -0.05) is 25.7 Å². The van der Waals surface area contributed by atoms with Gasteiger partial charge in [-0.05, 0) is 30.4 Å². The Balaban J connectivity index is 1.63. The van der Waals surface area contributed by atoms with E-state index in [9.17, 15) is 18.0 Å². The summed E-state index contributed by atoms with van der Waals surface area (Å²) in [5.41, 5.74) is 0.619. The van der Waals surface area contributed by atoms with Crippen molar-refractivity contribution in [3.63, 3.8) is 0 Å². The van der Waals surface area contributed by atoms with E-state index in [1.54, 1.807) is 6.07 Å². The third-order valence-electron chi connectivity index (χ3n) is 4.19. The van der Waals surface area contributed by atoms with Gasteiger partial charge in [-0.25, -0.2) is 9.78 Å². The van der Waals surface area contributed by atoms with Gasteiger partial charge in [-0.2, -0.15) is 13.2 Å². The van der Waals surface area contributed by atoms with E-state index in [-0.39, 0.29) is 18.5 Å². The minimum Gasteiger partial charge on any atom is -0.468 e. The van der Waals surface area contributed by atoms with Crippen LogP contribution in [0.4, 0.5) is 18.0 Å². The molecule has 0 aliphatic heterocycles. The normalized spacial score (nSPS) is 15.2. The van der Waals surface area contributed by atoms with Crippen molar-refractivity contribution >= 4 is 6.03 Å². The number of carbonyl (C=O) groups is 1. The van der Waals surface area contributed by atoms with Crippen LogP contribution in [0.1, 0.15) is 44.1 Å². The SMILES string of the molecule is O=C(NCCCC1CCCC1)NCc1ccnc(OCC(F)(F)F)c1. The number of amides is 2. The molecule has 5 nitrogen and oxygen atoms in total. The van der Waals surface area contributed by atoms with Crippen molar-refractivity contribution in [3.8, 4) is 5.88 Å². The highest BCUT2D eigenvalue weighted by atomic mass is 19.4. The Bertz CT molecular complexity index is 546. The Morgan fingerprint density at radius 1 is 1.28 bits per heavy atom. The monoisotopic (exact) mass is 359 g/mol. The van der Waals surface area contributed by atoms with E-state index in [2.05, 4.69) is 20.4 Å². The maximum atomic E-state index is 12.1. The number of urea groups is 1. The highest BCUT2D eigenvalue weighted by molar-refractivity contribution is 5.73. The molecule has 1 fully saturated rings. The zero-order valence-electron chi connectivity index (χ0n) is 14.1. The Morgan fingerprint density at radius 2 is 2.04 bits per heavy atom. The number of rotatable bonds is 8. The van der Waals surface area contributed by atoms with Crippen molar-refractivity contribution in [2.24, 2.45) is 5.92 Å². The summed E-state index contributed by atoms with van der Waals surface area (Å²) < 4.78 is 41.0. The fourth-order valence-corrected chi connectivity index (χ4v) is 2.93. The third-order valence-corrected chi connectivity index (χ3v) is 4.19. The molecule has 1 heterocycles. The highest BCUT2D eigenvalue weighted by Crippen LogP contribution is 2.28. The molecule has 0 radical (unpaired) electrons. The number of nitrogens with zero attached hydrogens (tertiary/aromatic N) is 1. The second-order valence-corrected chi connectivity index (χ2v) is 6.31. The van der Waals surface area contributed by atoms with Crippen molar-refractivity contribution in [1.82, 2.24) is 15.6 Å². The molecule has 0 saturated heterocycles. The first-order chi connectivity index (χ1) is 11.9. The fourth-order valence-electron chi connectivity index (χ4n) is 2.93. The van der Waals surface area contributed by atoms with Crippen LogP contribution in [-0.4, -0.2) is 30.3 Å². The molecule has 1 aromatic heterocycles. The smallest absolute Gasteiger partial charge is 0.422 e. The van der Waals surface area contributed by atoms with Gasteiger partial charge in [-0.3, -0.25) is 0 Å². The van der Waals surface area contributed by atoms with E-state index in [0.717, 1.165) is 18.8 Å².